The summed E-state index contributed by atoms with van der Waals surface area (Å²) in [5.41, 5.74) is -2.15. The summed E-state index contributed by atoms with van der Waals surface area (Å²) in [4.78, 5) is 28.6. The molecule has 2 amide bonds. The van der Waals surface area contributed by atoms with Crippen LogP contribution in [0.4, 0.5) is 39.5 Å². The third-order valence-corrected chi connectivity index (χ3v) is 5.67. The number of nitrogens with one attached hydrogen (secondary N) is 3. The third kappa shape index (κ3) is 6.14. The molecule has 0 saturated heterocycles. The van der Waals surface area contributed by atoms with Gasteiger partial charge in [-0.3, -0.25) is 9.59 Å². The van der Waals surface area contributed by atoms with E-state index in [1.165, 1.54) is 25.1 Å². The number of likely N-dealkylation sites (N-methyl/N-ethyl adjacent to an activating group) is 1. The van der Waals surface area contributed by atoms with Crippen LogP contribution in [0.3, 0.4) is 0 Å². The maximum atomic E-state index is 14.2. The maximum Gasteiger partial charge on any atom is 0.437 e. The molecular weight excluding hydrogens is 541 g/mol. The lowest BCUT2D eigenvalue weighted by Crippen LogP contribution is -2.52. The van der Waals surface area contributed by atoms with Gasteiger partial charge in [0.1, 0.15) is 12.6 Å². The molecule has 2 heterocycles. The molecule has 38 heavy (non-hydrogen) atoms. The normalized spacial score (nSPS) is 22.1. The van der Waals surface area contributed by atoms with E-state index in [9.17, 15) is 49.1 Å². The lowest BCUT2D eigenvalue weighted by Gasteiger charge is -2.33. The van der Waals surface area contributed by atoms with Crippen LogP contribution >= 0.6 is 0 Å². The van der Waals surface area contributed by atoms with Crippen molar-refractivity contribution in [3.05, 3.63) is 46.7 Å². The zero-order chi connectivity index (χ0) is 28.7. The van der Waals surface area contributed by atoms with Gasteiger partial charge in [-0.05, 0) is 36.3 Å². The molecule has 0 aromatic heterocycles. The summed E-state index contributed by atoms with van der Waals surface area (Å²) in [5, 5.41) is 7.75. The van der Waals surface area contributed by atoms with Crippen LogP contribution in [0.1, 0.15) is 27.9 Å². The van der Waals surface area contributed by atoms with Crippen molar-refractivity contribution in [2.45, 2.75) is 43.5 Å². The van der Waals surface area contributed by atoms with Gasteiger partial charge in [-0.15, -0.1) is 0 Å². The fourth-order valence-corrected chi connectivity index (χ4v) is 3.80. The fourth-order valence-electron chi connectivity index (χ4n) is 3.80. The molecule has 8 nitrogen and oxygen atoms in total. The molecule has 1 aromatic rings. The topological polar surface area (TPSA) is 95.1 Å². The van der Waals surface area contributed by atoms with E-state index in [1.54, 1.807) is 5.32 Å². The van der Waals surface area contributed by atoms with Crippen LogP contribution < -0.4 is 16.1 Å². The molecule has 2 aliphatic heterocycles. The van der Waals surface area contributed by atoms with Crippen LogP contribution in [0.2, 0.25) is 0 Å². The highest BCUT2D eigenvalue weighted by Gasteiger charge is 2.66. The highest BCUT2D eigenvalue weighted by Crippen LogP contribution is 2.48. The molecule has 0 fully saturated rings. The molecule has 2 unspecified atom stereocenters. The van der Waals surface area contributed by atoms with Crippen LogP contribution in [0.5, 0.6) is 0 Å². The Hall–Kier alpha value is -3.50. The Balaban J connectivity index is 1.75. The summed E-state index contributed by atoms with van der Waals surface area (Å²) in [6, 6.07) is 1.30. The van der Waals surface area contributed by atoms with E-state index in [2.05, 4.69) is 10.5 Å². The number of hydrogen-bond donors (Lipinski definition) is 3. The predicted molar refractivity (Wildman–Crippen MR) is 112 cm³/mol. The first-order valence-electron chi connectivity index (χ1n) is 10.7. The van der Waals surface area contributed by atoms with Crippen molar-refractivity contribution in [2.24, 2.45) is 5.16 Å². The van der Waals surface area contributed by atoms with Crippen molar-refractivity contribution >= 4 is 17.5 Å². The highest BCUT2D eigenvalue weighted by molar-refractivity contribution is 6.04. The van der Waals surface area contributed by atoms with E-state index >= 15 is 0 Å². The average Bonchev–Trinajstić information content (AvgIpc) is 3.40. The predicted octanol–water partition coefficient (Wildman–Crippen LogP) is 3.09. The quantitative estimate of drug-likeness (QED) is 0.465. The van der Waals surface area contributed by atoms with Gasteiger partial charge in [0.2, 0.25) is 5.91 Å². The number of halogens is 9. The summed E-state index contributed by atoms with van der Waals surface area (Å²) >= 11 is 0. The number of hydrazine groups is 1. The van der Waals surface area contributed by atoms with Crippen molar-refractivity contribution in [3.63, 3.8) is 0 Å². The Morgan fingerprint density at radius 3 is 2.32 bits per heavy atom. The first kappa shape index (κ1) is 29.1. The van der Waals surface area contributed by atoms with E-state index in [0.29, 0.717) is 11.1 Å². The molecule has 3 N–H and O–H groups in total. The van der Waals surface area contributed by atoms with Crippen LogP contribution in [0.25, 0.3) is 0 Å². The largest absolute Gasteiger partial charge is 0.437 e. The smallest absolute Gasteiger partial charge is 0.372 e. The summed E-state index contributed by atoms with van der Waals surface area (Å²) < 4.78 is 118. The molecule has 1 aromatic carbocycles. The van der Waals surface area contributed by atoms with Gasteiger partial charge >= 0.3 is 18.5 Å². The molecule has 0 spiro atoms. The number of amides is 2. The van der Waals surface area contributed by atoms with E-state index in [4.69, 9.17) is 4.84 Å². The highest BCUT2D eigenvalue weighted by atomic mass is 19.4. The number of rotatable bonds is 6. The molecule has 0 radical (unpaired) electrons. The van der Waals surface area contributed by atoms with Crippen LogP contribution in [-0.2, 0) is 9.63 Å². The minimum absolute atomic E-state index is 0.0329. The van der Waals surface area contributed by atoms with Crippen molar-refractivity contribution in [1.82, 2.24) is 21.1 Å². The Kier molecular flexibility index (Phi) is 7.64. The van der Waals surface area contributed by atoms with E-state index < -0.39 is 67.2 Å². The van der Waals surface area contributed by atoms with Gasteiger partial charge in [0, 0.05) is 12.6 Å². The molecule has 0 saturated carbocycles. The summed E-state index contributed by atoms with van der Waals surface area (Å²) in [7, 11) is 0.980. The lowest BCUT2D eigenvalue weighted by molar-refractivity contribution is -0.259. The molecule has 2 aliphatic rings. The molecule has 0 aliphatic carbocycles. The number of aryl methyl sites for hydroxylation is 1. The van der Waals surface area contributed by atoms with Gasteiger partial charge in [0.05, 0.1) is 24.4 Å². The summed E-state index contributed by atoms with van der Waals surface area (Å²) in [6.07, 6.45) is -15.3. The van der Waals surface area contributed by atoms with Crippen LogP contribution in [0.15, 0.2) is 35.1 Å². The van der Waals surface area contributed by atoms with Gasteiger partial charge in [0.25, 0.3) is 11.5 Å². The third-order valence-electron chi connectivity index (χ3n) is 5.67. The van der Waals surface area contributed by atoms with Crippen molar-refractivity contribution in [2.75, 3.05) is 20.1 Å². The lowest BCUT2D eigenvalue weighted by atomic mass is 9.88. The second-order valence-electron chi connectivity index (χ2n) is 8.49. The number of hydrogen-bond acceptors (Lipinski definition) is 6. The Bertz CT molecular complexity index is 1160. The van der Waals surface area contributed by atoms with Gasteiger partial charge in [-0.2, -0.15) is 39.5 Å². The molecule has 17 heteroatoms. The van der Waals surface area contributed by atoms with E-state index in [1.807, 2.05) is 5.43 Å². The number of nitrogens with zero attached hydrogens (tertiary/aromatic N) is 2. The first-order valence-corrected chi connectivity index (χ1v) is 10.7. The fraction of sp³-hybridized carbons (Fsp3) is 0.476. The minimum Gasteiger partial charge on any atom is -0.372 e. The van der Waals surface area contributed by atoms with E-state index in [-0.39, 0.29) is 22.4 Å². The Morgan fingerprint density at radius 2 is 1.79 bits per heavy atom. The molecule has 0 bridgehead atoms. The van der Waals surface area contributed by atoms with Crippen molar-refractivity contribution in [3.8, 4) is 0 Å². The second kappa shape index (κ2) is 9.99. The zero-order valence-electron chi connectivity index (χ0n) is 19.5. The van der Waals surface area contributed by atoms with Gasteiger partial charge < -0.3 is 20.5 Å². The van der Waals surface area contributed by atoms with Gasteiger partial charge in [-0.1, -0.05) is 11.2 Å². The monoisotopic (exact) mass is 561 g/mol. The molecule has 3 rings (SSSR count). The average molecular weight is 561 g/mol. The van der Waals surface area contributed by atoms with Crippen molar-refractivity contribution < 1.29 is 53.9 Å². The standard InChI is InChI=1S/C21H20F9N5O3/c1-10-5-11(3-4-12(10)17(37)31-8-16(36)32-9-19(22,23)24)13-7-18(38-34-13,21(28,29)30)15-6-14(20(25,26)27)33-35(15)2/h3-6,14,33H,7-9H2,1-2H3,(H,31,37)(H,32,36). The number of alkyl halides is 9. The SMILES string of the molecule is Cc1cc(C2=NOC(C3=CC(C(F)(F)F)NN3C)(C(F)(F)F)C2)ccc1C(=O)NCC(=O)NCC(F)(F)F. The summed E-state index contributed by atoms with van der Waals surface area (Å²) in [6.45, 7) is -0.945. The molecule has 210 valence electrons. The number of oxime groups is 1. The van der Waals surface area contributed by atoms with E-state index in [0.717, 1.165) is 7.05 Å². The first-order chi connectivity index (χ1) is 17.3. The minimum atomic E-state index is -5.16. The number of benzene rings is 1. The Labute approximate surface area is 208 Å². The Morgan fingerprint density at radius 1 is 1.13 bits per heavy atom. The number of carbonyl (C=O) groups is 2. The second-order valence-corrected chi connectivity index (χ2v) is 8.49. The van der Waals surface area contributed by atoms with Gasteiger partial charge in [0.15, 0.2) is 0 Å². The number of carbonyl (C=O) groups excluding carboxylic acids is 2. The molecular formula is C21H20F9N5O3. The zero-order valence-corrected chi connectivity index (χ0v) is 19.5. The summed E-state index contributed by atoms with van der Waals surface area (Å²) in [5.74, 6) is -1.94. The maximum absolute atomic E-state index is 14.2. The van der Waals surface area contributed by atoms with Crippen molar-refractivity contribution in [1.29, 1.82) is 0 Å². The van der Waals surface area contributed by atoms with Gasteiger partial charge in [-0.25, -0.2) is 5.43 Å². The molecule has 2 atom stereocenters. The van der Waals surface area contributed by atoms with Crippen LogP contribution in [0, 0.1) is 6.92 Å². The van der Waals surface area contributed by atoms with Crippen LogP contribution in [-0.4, -0.2) is 72.8 Å².